The summed E-state index contributed by atoms with van der Waals surface area (Å²) in [6.07, 6.45) is 3.56. The SMILES string of the molecule is O=C(Nc1cc(N2CCCCC2)ccc1F)c1ccccc1. The molecule has 0 aromatic heterocycles. The minimum Gasteiger partial charge on any atom is -0.371 e. The van der Waals surface area contributed by atoms with Gasteiger partial charge in [-0.1, -0.05) is 18.2 Å². The van der Waals surface area contributed by atoms with Crippen LogP contribution in [0.4, 0.5) is 15.8 Å². The molecule has 22 heavy (non-hydrogen) atoms. The maximum atomic E-state index is 14.0. The highest BCUT2D eigenvalue weighted by Gasteiger charge is 2.14. The van der Waals surface area contributed by atoms with E-state index in [0.717, 1.165) is 31.6 Å². The Kier molecular flexibility index (Phi) is 4.37. The molecular weight excluding hydrogens is 279 g/mol. The number of carbonyl (C=O) groups excluding carboxylic acids is 1. The van der Waals surface area contributed by atoms with Crippen LogP contribution >= 0.6 is 0 Å². The van der Waals surface area contributed by atoms with Crippen molar-refractivity contribution < 1.29 is 9.18 Å². The minimum atomic E-state index is -0.412. The van der Waals surface area contributed by atoms with Crippen molar-refractivity contribution in [1.82, 2.24) is 0 Å². The number of halogens is 1. The van der Waals surface area contributed by atoms with Gasteiger partial charge in [0.2, 0.25) is 0 Å². The summed E-state index contributed by atoms with van der Waals surface area (Å²) >= 11 is 0. The number of amides is 1. The van der Waals surface area contributed by atoms with Gasteiger partial charge >= 0.3 is 0 Å². The summed E-state index contributed by atoms with van der Waals surface area (Å²) in [6.45, 7) is 1.97. The molecule has 4 heteroatoms. The molecular formula is C18H19FN2O. The monoisotopic (exact) mass is 298 g/mol. The Labute approximate surface area is 129 Å². The number of nitrogens with zero attached hydrogens (tertiary/aromatic N) is 1. The maximum Gasteiger partial charge on any atom is 0.255 e. The van der Waals surface area contributed by atoms with Crippen LogP contribution in [0.3, 0.4) is 0 Å². The molecule has 1 saturated heterocycles. The Morgan fingerprint density at radius 3 is 2.45 bits per heavy atom. The van der Waals surface area contributed by atoms with E-state index in [1.165, 1.54) is 12.5 Å². The van der Waals surface area contributed by atoms with Gasteiger partial charge in [-0.25, -0.2) is 4.39 Å². The van der Waals surface area contributed by atoms with Gasteiger partial charge in [-0.3, -0.25) is 4.79 Å². The van der Waals surface area contributed by atoms with Gasteiger partial charge in [0.05, 0.1) is 5.69 Å². The lowest BCUT2D eigenvalue weighted by Gasteiger charge is -2.29. The Bertz CT molecular complexity index is 651. The summed E-state index contributed by atoms with van der Waals surface area (Å²) < 4.78 is 14.0. The fraction of sp³-hybridized carbons (Fsp3) is 0.278. The summed E-state index contributed by atoms with van der Waals surface area (Å²) in [5, 5.41) is 2.67. The molecule has 0 saturated carbocycles. The molecule has 114 valence electrons. The second kappa shape index (κ2) is 6.60. The summed E-state index contributed by atoms with van der Waals surface area (Å²) in [6, 6.07) is 13.8. The van der Waals surface area contributed by atoms with Crippen molar-refractivity contribution in [2.75, 3.05) is 23.3 Å². The van der Waals surface area contributed by atoms with Crippen molar-refractivity contribution in [3.8, 4) is 0 Å². The van der Waals surface area contributed by atoms with Crippen LogP contribution in [-0.2, 0) is 0 Å². The Morgan fingerprint density at radius 1 is 1.00 bits per heavy atom. The van der Waals surface area contributed by atoms with Crippen LogP contribution in [0, 0.1) is 5.82 Å². The van der Waals surface area contributed by atoms with E-state index in [-0.39, 0.29) is 11.6 Å². The highest BCUT2D eigenvalue weighted by molar-refractivity contribution is 6.04. The van der Waals surface area contributed by atoms with Crippen molar-refractivity contribution in [3.63, 3.8) is 0 Å². The molecule has 3 nitrogen and oxygen atoms in total. The van der Waals surface area contributed by atoms with Crippen molar-refractivity contribution >= 4 is 17.3 Å². The fourth-order valence-electron chi connectivity index (χ4n) is 2.74. The zero-order chi connectivity index (χ0) is 15.4. The predicted molar refractivity (Wildman–Crippen MR) is 86.9 cm³/mol. The van der Waals surface area contributed by atoms with Crippen LogP contribution in [0.2, 0.25) is 0 Å². The van der Waals surface area contributed by atoms with Gasteiger partial charge in [-0.2, -0.15) is 0 Å². The first kappa shape index (κ1) is 14.6. The molecule has 1 N–H and O–H groups in total. The molecule has 0 spiro atoms. The normalized spacial score (nSPS) is 14.7. The number of piperidine rings is 1. The molecule has 1 heterocycles. The average molecular weight is 298 g/mol. The van der Waals surface area contributed by atoms with Crippen molar-refractivity contribution in [1.29, 1.82) is 0 Å². The summed E-state index contributed by atoms with van der Waals surface area (Å²) in [5.74, 6) is -0.708. The van der Waals surface area contributed by atoms with E-state index in [1.54, 1.807) is 36.4 Å². The van der Waals surface area contributed by atoms with E-state index in [0.29, 0.717) is 5.56 Å². The zero-order valence-corrected chi connectivity index (χ0v) is 12.4. The summed E-state index contributed by atoms with van der Waals surface area (Å²) in [7, 11) is 0. The lowest BCUT2D eigenvalue weighted by molar-refractivity contribution is 0.102. The van der Waals surface area contributed by atoms with Gasteiger partial charge in [0.1, 0.15) is 5.82 Å². The lowest BCUT2D eigenvalue weighted by atomic mass is 10.1. The molecule has 1 amide bonds. The Balaban J connectivity index is 1.79. The number of benzene rings is 2. The van der Waals surface area contributed by atoms with Crippen LogP contribution in [0.25, 0.3) is 0 Å². The van der Waals surface area contributed by atoms with Gasteiger partial charge in [0.15, 0.2) is 0 Å². The summed E-state index contributed by atoms with van der Waals surface area (Å²) in [4.78, 5) is 14.4. The van der Waals surface area contributed by atoms with E-state index >= 15 is 0 Å². The molecule has 1 aliphatic heterocycles. The summed E-state index contributed by atoms with van der Waals surface area (Å²) in [5.41, 5.74) is 1.71. The highest BCUT2D eigenvalue weighted by Crippen LogP contribution is 2.25. The van der Waals surface area contributed by atoms with Crippen LogP contribution in [-0.4, -0.2) is 19.0 Å². The largest absolute Gasteiger partial charge is 0.371 e. The standard InChI is InChI=1S/C18H19FN2O/c19-16-10-9-15(21-11-5-2-6-12-21)13-17(16)20-18(22)14-7-3-1-4-8-14/h1,3-4,7-10,13H,2,5-6,11-12H2,(H,20,22). The van der Waals surface area contributed by atoms with Crippen LogP contribution in [0.1, 0.15) is 29.6 Å². The first-order valence-corrected chi connectivity index (χ1v) is 7.65. The van der Waals surface area contributed by atoms with Gasteiger partial charge in [-0.05, 0) is 49.6 Å². The van der Waals surface area contributed by atoms with E-state index in [9.17, 15) is 9.18 Å². The molecule has 1 fully saturated rings. The van der Waals surface area contributed by atoms with Crippen LogP contribution in [0.5, 0.6) is 0 Å². The molecule has 1 aliphatic rings. The van der Waals surface area contributed by atoms with Gasteiger partial charge in [0.25, 0.3) is 5.91 Å². The van der Waals surface area contributed by atoms with Gasteiger partial charge < -0.3 is 10.2 Å². The van der Waals surface area contributed by atoms with Crippen molar-refractivity contribution in [3.05, 3.63) is 59.9 Å². The van der Waals surface area contributed by atoms with E-state index in [2.05, 4.69) is 10.2 Å². The minimum absolute atomic E-state index is 0.233. The Hall–Kier alpha value is -2.36. The molecule has 0 atom stereocenters. The number of nitrogens with one attached hydrogen (secondary N) is 1. The molecule has 2 aromatic carbocycles. The first-order valence-electron chi connectivity index (χ1n) is 7.65. The van der Waals surface area contributed by atoms with Crippen molar-refractivity contribution in [2.24, 2.45) is 0 Å². The molecule has 0 aliphatic carbocycles. The zero-order valence-electron chi connectivity index (χ0n) is 12.4. The van der Waals surface area contributed by atoms with Crippen LogP contribution in [0.15, 0.2) is 48.5 Å². The van der Waals surface area contributed by atoms with E-state index in [1.807, 2.05) is 6.07 Å². The Morgan fingerprint density at radius 2 is 1.73 bits per heavy atom. The second-order valence-corrected chi connectivity index (χ2v) is 5.53. The lowest BCUT2D eigenvalue weighted by Crippen LogP contribution is -2.29. The highest BCUT2D eigenvalue weighted by atomic mass is 19.1. The van der Waals surface area contributed by atoms with Crippen LogP contribution < -0.4 is 10.2 Å². The molecule has 0 radical (unpaired) electrons. The number of rotatable bonds is 3. The number of hydrogen-bond donors (Lipinski definition) is 1. The molecule has 0 unspecified atom stereocenters. The van der Waals surface area contributed by atoms with Gasteiger partial charge in [0, 0.05) is 24.3 Å². The first-order chi connectivity index (χ1) is 10.7. The third-order valence-electron chi connectivity index (χ3n) is 3.96. The van der Waals surface area contributed by atoms with Crippen molar-refractivity contribution in [2.45, 2.75) is 19.3 Å². The second-order valence-electron chi connectivity index (χ2n) is 5.53. The number of carbonyl (C=O) groups is 1. The van der Waals surface area contributed by atoms with E-state index in [4.69, 9.17) is 0 Å². The maximum absolute atomic E-state index is 14.0. The fourth-order valence-corrected chi connectivity index (χ4v) is 2.74. The molecule has 3 rings (SSSR count). The topological polar surface area (TPSA) is 32.3 Å². The molecule has 0 bridgehead atoms. The van der Waals surface area contributed by atoms with Gasteiger partial charge in [-0.15, -0.1) is 0 Å². The third-order valence-corrected chi connectivity index (χ3v) is 3.96. The quantitative estimate of drug-likeness (QED) is 0.926. The average Bonchev–Trinajstić information content (AvgIpc) is 2.58. The smallest absolute Gasteiger partial charge is 0.255 e. The third kappa shape index (κ3) is 3.27. The number of hydrogen-bond acceptors (Lipinski definition) is 2. The molecule has 2 aromatic rings. The predicted octanol–water partition coefficient (Wildman–Crippen LogP) is 4.07. The van der Waals surface area contributed by atoms with E-state index < -0.39 is 5.82 Å². The number of anilines is 2.